The lowest BCUT2D eigenvalue weighted by Gasteiger charge is -2.16. The lowest BCUT2D eigenvalue weighted by molar-refractivity contribution is 0.243. The Kier molecular flexibility index (Phi) is 5.42. The molecule has 0 bridgehead atoms. The van der Waals surface area contributed by atoms with Crippen LogP contribution in [-0.4, -0.2) is 19.2 Å². The van der Waals surface area contributed by atoms with Crippen molar-refractivity contribution < 1.29 is 9.13 Å². The number of benzene rings is 1. The summed E-state index contributed by atoms with van der Waals surface area (Å²) in [7, 11) is 0. The average Bonchev–Trinajstić information content (AvgIpc) is 2.28. The van der Waals surface area contributed by atoms with E-state index in [2.05, 4.69) is 26.1 Å². The molecule has 0 saturated carbocycles. The molecule has 0 fully saturated rings. The second-order valence-electron chi connectivity index (χ2n) is 4.87. The zero-order chi connectivity index (χ0) is 12.8. The van der Waals surface area contributed by atoms with E-state index in [-0.39, 0.29) is 5.82 Å². The van der Waals surface area contributed by atoms with Crippen molar-refractivity contribution in [1.82, 2.24) is 5.32 Å². The van der Waals surface area contributed by atoms with Crippen molar-refractivity contribution in [3.63, 3.8) is 0 Å². The molecular formula is C14H22FNO. The first-order chi connectivity index (χ1) is 8.00. The van der Waals surface area contributed by atoms with E-state index in [4.69, 9.17) is 4.74 Å². The number of hydrogen-bond donors (Lipinski definition) is 1. The van der Waals surface area contributed by atoms with Crippen LogP contribution in [-0.2, 0) is 0 Å². The Morgan fingerprint density at radius 1 is 1.29 bits per heavy atom. The van der Waals surface area contributed by atoms with Crippen LogP contribution in [0, 0.1) is 18.7 Å². The Labute approximate surface area is 103 Å². The van der Waals surface area contributed by atoms with Gasteiger partial charge in [0.15, 0.2) is 11.6 Å². The van der Waals surface area contributed by atoms with Crippen molar-refractivity contribution in [3.05, 3.63) is 29.6 Å². The largest absolute Gasteiger partial charge is 0.490 e. The summed E-state index contributed by atoms with van der Waals surface area (Å²) in [5.41, 5.74) is 0.621. The summed E-state index contributed by atoms with van der Waals surface area (Å²) in [6, 6.07) is 5.69. The molecule has 0 aliphatic heterocycles. The number of nitrogens with one attached hydrogen (secondary N) is 1. The first kappa shape index (κ1) is 14.0. The Morgan fingerprint density at radius 2 is 2.00 bits per heavy atom. The third-order valence-corrected chi connectivity index (χ3v) is 2.55. The molecule has 0 aliphatic carbocycles. The Balaban J connectivity index is 2.42. The zero-order valence-electron chi connectivity index (χ0n) is 11.1. The molecule has 1 unspecified atom stereocenters. The van der Waals surface area contributed by atoms with E-state index in [9.17, 15) is 4.39 Å². The quantitative estimate of drug-likeness (QED) is 0.823. The summed E-state index contributed by atoms with van der Waals surface area (Å²) >= 11 is 0. The second kappa shape index (κ2) is 6.60. The van der Waals surface area contributed by atoms with E-state index in [1.165, 1.54) is 0 Å². The van der Waals surface area contributed by atoms with Gasteiger partial charge in [-0.25, -0.2) is 4.39 Å². The van der Waals surface area contributed by atoms with Gasteiger partial charge in [0.25, 0.3) is 0 Å². The van der Waals surface area contributed by atoms with Crippen LogP contribution in [0.15, 0.2) is 18.2 Å². The van der Waals surface area contributed by atoms with E-state index in [1.807, 2.05) is 6.07 Å². The Bertz CT molecular complexity index is 352. The molecule has 1 aromatic carbocycles. The van der Waals surface area contributed by atoms with E-state index >= 15 is 0 Å². The third-order valence-electron chi connectivity index (χ3n) is 2.55. The SMILES string of the molecule is Cc1cccc(OCC(C)CNC(C)C)c1F. The lowest BCUT2D eigenvalue weighted by atomic mass is 10.2. The second-order valence-corrected chi connectivity index (χ2v) is 4.87. The Hall–Kier alpha value is -1.09. The van der Waals surface area contributed by atoms with Gasteiger partial charge in [-0.3, -0.25) is 0 Å². The van der Waals surface area contributed by atoms with Crippen molar-refractivity contribution >= 4 is 0 Å². The minimum Gasteiger partial charge on any atom is -0.490 e. The summed E-state index contributed by atoms with van der Waals surface area (Å²) in [6.45, 7) is 9.45. The predicted molar refractivity (Wildman–Crippen MR) is 68.9 cm³/mol. The van der Waals surface area contributed by atoms with Crippen molar-refractivity contribution in [2.75, 3.05) is 13.2 Å². The fourth-order valence-corrected chi connectivity index (χ4v) is 1.46. The molecule has 0 aromatic heterocycles. The van der Waals surface area contributed by atoms with Crippen LogP contribution in [0.2, 0.25) is 0 Å². The number of aryl methyl sites for hydroxylation is 1. The summed E-state index contributed by atoms with van der Waals surface area (Å²) in [6.07, 6.45) is 0. The highest BCUT2D eigenvalue weighted by Crippen LogP contribution is 2.20. The fourth-order valence-electron chi connectivity index (χ4n) is 1.46. The molecule has 0 spiro atoms. The van der Waals surface area contributed by atoms with Gasteiger partial charge >= 0.3 is 0 Å². The molecule has 0 amide bonds. The Morgan fingerprint density at radius 3 is 2.65 bits per heavy atom. The summed E-state index contributed by atoms with van der Waals surface area (Å²) < 4.78 is 19.1. The first-order valence-corrected chi connectivity index (χ1v) is 6.12. The maximum atomic E-state index is 13.6. The van der Waals surface area contributed by atoms with Crippen molar-refractivity contribution in [1.29, 1.82) is 0 Å². The van der Waals surface area contributed by atoms with Gasteiger partial charge in [-0.15, -0.1) is 0 Å². The van der Waals surface area contributed by atoms with Gasteiger partial charge in [0.05, 0.1) is 6.61 Å². The minimum atomic E-state index is -0.253. The maximum absolute atomic E-state index is 13.6. The van der Waals surface area contributed by atoms with Crippen LogP contribution in [0.3, 0.4) is 0 Å². The van der Waals surface area contributed by atoms with Crippen LogP contribution in [0.1, 0.15) is 26.3 Å². The molecule has 0 saturated heterocycles. The van der Waals surface area contributed by atoms with Crippen molar-refractivity contribution in [2.24, 2.45) is 5.92 Å². The molecule has 0 heterocycles. The molecule has 96 valence electrons. The normalized spacial score (nSPS) is 12.8. The van der Waals surface area contributed by atoms with Crippen LogP contribution in [0.25, 0.3) is 0 Å². The molecule has 1 atom stereocenters. The fraction of sp³-hybridized carbons (Fsp3) is 0.571. The smallest absolute Gasteiger partial charge is 0.167 e. The van der Waals surface area contributed by atoms with Crippen LogP contribution < -0.4 is 10.1 Å². The standard InChI is InChI=1S/C14H22FNO/c1-10(2)16-8-11(3)9-17-13-7-5-6-12(4)14(13)15/h5-7,10-11,16H,8-9H2,1-4H3. The summed E-state index contributed by atoms with van der Waals surface area (Å²) in [5, 5.41) is 3.33. The number of ether oxygens (including phenoxy) is 1. The molecule has 1 rings (SSSR count). The first-order valence-electron chi connectivity index (χ1n) is 6.12. The van der Waals surface area contributed by atoms with Gasteiger partial charge in [-0.1, -0.05) is 32.9 Å². The highest BCUT2D eigenvalue weighted by atomic mass is 19.1. The molecule has 3 heteroatoms. The summed E-state index contributed by atoms with van der Waals surface area (Å²) in [5.74, 6) is 0.454. The lowest BCUT2D eigenvalue weighted by Crippen LogP contribution is -2.30. The topological polar surface area (TPSA) is 21.3 Å². The number of halogens is 1. The van der Waals surface area contributed by atoms with E-state index in [1.54, 1.807) is 19.1 Å². The third kappa shape index (κ3) is 4.73. The molecule has 1 N–H and O–H groups in total. The van der Waals surface area contributed by atoms with E-state index in [0.717, 1.165) is 6.54 Å². The van der Waals surface area contributed by atoms with Gasteiger partial charge < -0.3 is 10.1 Å². The molecule has 0 radical (unpaired) electrons. The molecule has 2 nitrogen and oxygen atoms in total. The average molecular weight is 239 g/mol. The summed E-state index contributed by atoms with van der Waals surface area (Å²) in [4.78, 5) is 0. The van der Waals surface area contributed by atoms with E-state index < -0.39 is 0 Å². The van der Waals surface area contributed by atoms with Gasteiger partial charge in [0.2, 0.25) is 0 Å². The molecule has 17 heavy (non-hydrogen) atoms. The van der Waals surface area contributed by atoms with Gasteiger partial charge in [0.1, 0.15) is 0 Å². The van der Waals surface area contributed by atoms with Crippen LogP contribution in [0.5, 0.6) is 5.75 Å². The highest BCUT2D eigenvalue weighted by Gasteiger charge is 2.08. The molecule has 1 aromatic rings. The van der Waals surface area contributed by atoms with Gasteiger partial charge in [-0.2, -0.15) is 0 Å². The van der Waals surface area contributed by atoms with Gasteiger partial charge in [0, 0.05) is 18.5 Å². The minimum absolute atomic E-state index is 0.253. The van der Waals surface area contributed by atoms with Crippen molar-refractivity contribution in [3.8, 4) is 5.75 Å². The maximum Gasteiger partial charge on any atom is 0.167 e. The van der Waals surface area contributed by atoms with Crippen molar-refractivity contribution in [2.45, 2.75) is 33.7 Å². The number of rotatable bonds is 6. The highest BCUT2D eigenvalue weighted by molar-refractivity contribution is 5.30. The van der Waals surface area contributed by atoms with E-state index in [0.29, 0.717) is 29.9 Å². The predicted octanol–water partition coefficient (Wildman–Crippen LogP) is 3.15. The molecular weight excluding hydrogens is 217 g/mol. The van der Waals surface area contributed by atoms with Crippen LogP contribution in [0.4, 0.5) is 4.39 Å². The molecule has 0 aliphatic rings. The number of hydrogen-bond acceptors (Lipinski definition) is 2. The van der Waals surface area contributed by atoms with Gasteiger partial charge in [-0.05, 0) is 18.6 Å². The monoisotopic (exact) mass is 239 g/mol. The van der Waals surface area contributed by atoms with Crippen LogP contribution >= 0.6 is 0 Å². The zero-order valence-corrected chi connectivity index (χ0v) is 11.1.